The lowest BCUT2D eigenvalue weighted by atomic mass is 9.90. The summed E-state index contributed by atoms with van der Waals surface area (Å²) in [4.78, 5) is 32.6. The van der Waals surface area contributed by atoms with Gasteiger partial charge in [-0.1, -0.05) is 18.2 Å². The number of fused-ring (bicyclic) bond motifs is 1. The van der Waals surface area contributed by atoms with Crippen LogP contribution in [-0.2, 0) is 7.05 Å². The van der Waals surface area contributed by atoms with Crippen molar-refractivity contribution in [3.63, 3.8) is 0 Å². The summed E-state index contributed by atoms with van der Waals surface area (Å²) in [5, 5.41) is 8.47. The summed E-state index contributed by atoms with van der Waals surface area (Å²) < 4.78 is 1.81. The largest absolute Gasteiger partial charge is 0.355 e. The van der Waals surface area contributed by atoms with E-state index in [9.17, 15) is 9.59 Å². The molecule has 5 rings (SSSR count). The van der Waals surface area contributed by atoms with E-state index < -0.39 is 0 Å². The molecule has 1 aromatic carbocycles. The van der Waals surface area contributed by atoms with Gasteiger partial charge in [0.25, 0.3) is 11.8 Å². The molecule has 7 nitrogen and oxygen atoms in total. The average molecular weight is 432 g/mol. The van der Waals surface area contributed by atoms with E-state index in [1.54, 1.807) is 7.05 Å². The van der Waals surface area contributed by atoms with Crippen LogP contribution in [-0.4, -0.2) is 51.6 Å². The van der Waals surface area contributed by atoms with Crippen LogP contribution >= 0.6 is 0 Å². The number of carbonyl (C=O) groups is 2. The minimum Gasteiger partial charge on any atom is -0.355 e. The van der Waals surface area contributed by atoms with Gasteiger partial charge in [0.1, 0.15) is 0 Å². The van der Waals surface area contributed by atoms with E-state index in [4.69, 9.17) is 10.1 Å². The van der Waals surface area contributed by atoms with Gasteiger partial charge in [-0.05, 0) is 50.3 Å². The van der Waals surface area contributed by atoms with Crippen molar-refractivity contribution in [3.05, 3.63) is 58.4 Å². The van der Waals surface area contributed by atoms with Crippen LogP contribution in [0.4, 0.5) is 0 Å². The zero-order chi connectivity index (χ0) is 22.4. The molecule has 7 heteroatoms. The van der Waals surface area contributed by atoms with Crippen molar-refractivity contribution >= 4 is 22.8 Å². The molecule has 0 spiro atoms. The van der Waals surface area contributed by atoms with Gasteiger partial charge in [0.05, 0.1) is 16.6 Å². The SMILES string of the molecule is CNC(=O)c1cc(C2CC2)nc2c1c(C1CCN(C(=O)c3ccccc3C)CC1)nn2C. The number of aromatic nitrogens is 3. The number of hydrogen-bond donors (Lipinski definition) is 1. The number of nitrogens with zero attached hydrogens (tertiary/aromatic N) is 4. The number of amides is 2. The first kappa shape index (κ1) is 20.7. The van der Waals surface area contributed by atoms with E-state index in [1.807, 2.05) is 53.9 Å². The molecule has 2 fully saturated rings. The van der Waals surface area contributed by atoms with Gasteiger partial charge in [-0.15, -0.1) is 0 Å². The van der Waals surface area contributed by atoms with Crippen molar-refractivity contribution < 1.29 is 9.59 Å². The number of rotatable bonds is 4. The summed E-state index contributed by atoms with van der Waals surface area (Å²) in [6.07, 6.45) is 3.90. The summed E-state index contributed by atoms with van der Waals surface area (Å²) in [6.45, 7) is 3.33. The topological polar surface area (TPSA) is 80.1 Å². The minimum absolute atomic E-state index is 0.0919. The van der Waals surface area contributed by atoms with Gasteiger partial charge in [-0.2, -0.15) is 5.10 Å². The Morgan fingerprint density at radius 3 is 2.41 bits per heavy atom. The molecule has 1 saturated carbocycles. The number of hydrogen-bond acceptors (Lipinski definition) is 4. The smallest absolute Gasteiger partial charge is 0.254 e. The van der Waals surface area contributed by atoms with Gasteiger partial charge in [-0.3, -0.25) is 14.3 Å². The van der Waals surface area contributed by atoms with Crippen molar-refractivity contribution in [2.45, 2.75) is 44.4 Å². The second-order valence-corrected chi connectivity index (χ2v) is 9.04. The molecular formula is C25H29N5O2. The Bertz CT molecular complexity index is 1200. The molecule has 2 aromatic heterocycles. The third kappa shape index (κ3) is 3.55. The van der Waals surface area contributed by atoms with Crippen LogP contribution in [0.3, 0.4) is 0 Å². The van der Waals surface area contributed by atoms with E-state index >= 15 is 0 Å². The normalized spacial score (nSPS) is 17.0. The Morgan fingerprint density at radius 2 is 1.75 bits per heavy atom. The summed E-state index contributed by atoms with van der Waals surface area (Å²) in [7, 11) is 3.57. The van der Waals surface area contributed by atoms with E-state index in [0.29, 0.717) is 24.6 Å². The number of carbonyl (C=O) groups excluding carboxylic acids is 2. The van der Waals surface area contributed by atoms with Gasteiger partial charge >= 0.3 is 0 Å². The molecule has 3 heterocycles. The predicted octanol–water partition coefficient (Wildman–Crippen LogP) is 3.53. The molecule has 2 aliphatic rings. The first-order chi connectivity index (χ1) is 15.5. The molecule has 166 valence electrons. The molecule has 0 atom stereocenters. The summed E-state index contributed by atoms with van der Waals surface area (Å²) in [6, 6.07) is 9.70. The second-order valence-electron chi connectivity index (χ2n) is 9.04. The average Bonchev–Trinajstić information content (AvgIpc) is 3.62. The van der Waals surface area contributed by atoms with Crippen LogP contribution in [0.2, 0.25) is 0 Å². The molecule has 1 aliphatic heterocycles. The van der Waals surface area contributed by atoms with Gasteiger partial charge in [0.15, 0.2) is 5.65 Å². The fourth-order valence-corrected chi connectivity index (χ4v) is 4.82. The minimum atomic E-state index is -0.0966. The molecule has 0 radical (unpaired) electrons. The van der Waals surface area contributed by atoms with Crippen LogP contribution in [0.15, 0.2) is 30.3 Å². The number of likely N-dealkylation sites (tertiary alicyclic amines) is 1. The van der Waals surface area contributed by atoms with Crippen LogP contribution in [0.5, 0.6) is 0 Å². The van der Waals surface area contributed by atoms with Crippen LogP contribution in [0, 0.1) is 6.92 Å². The second kappa shape index (κ2) is 8.04. The monoisotopic (exact) mass is 431 g/mol. The Kier molecular flexibility index (Phi) is 5.19. The van der Waals surface area contributed by atoms with Gasteiger partial charge in [-0.25, -0.2) is 4.98 Å². The van der Waals surface area contributed by atoms with Crippen molar-refractivity contribution in [2.24, 2.45) is 7.05 Å². The van der Waals surface area contributed by atoms with Crippen molar-refractivity contribution in [1.29, 1.82) is 0 Å². The number of benzene rings is 1. The zero-order valence-corrected chi connectivity index (χ0v) is 18.9. The van der Waals surface area contributed by atoms with E-state index in [2.05, 4.69) is 5.32 Å². The number of piperidine rings is 1. The van der Waals surface area contributed by atoms with E-state index in [1.165, 1.54) is 0 Å². The Morgan fingerprint density at radius 1 is 1.03 bits per heavy atom. The lowest BCUT2D eigenvalue weighted by Gasteiger charge is -2.32. The van der Waals surface area contributed by atoms with E-state index in [-0.39, 0.29) is 17.7 Å². The molecule has 1 N–H and O–H groups in total. The molecule has 32 heavy (non-hydrogen) atoms. The lowest BCUT2D eigenvalue weighted by molar-refractivity contribution is 0.0711. The highest BCUT2D eigenvalue weighted by molar-refractivity contribution is 6.06. The number of pyridine rings is 1. The van der Waals surface area contributed by atoms with Gasteiger partial charge < -0.3 is 10.2 Å². The van der Waals surface area contributed by atoms with E-state index in [0.717, 1.165) is 59.2 Å². The van der Waals surface area contributed by atoms with Crippen molar-refractivity contribution in [1.82, 2.24) is 25.0 Å². The predicted molar refractivity (Wildman–Crippen MR) is 123 cm³/mol. The molecule has 3 aromatic rings. The molecular weight excluding hydrogens is 402 g/mol. The molecule has 1 saturated heterocycles. The van der Waals surface area contributed by atoms with Crippen LogP contribution in [0.1, 0.15) is 75.2 Å². The maximum absolute atomic E-state index is 13.0. The van der Waals surface area contributed by atoms with Gasteiger partial charge in [0, 0.05) is 50.3 Å². The Hall–Kier alpha value is -3.22. The Balaban J connectivity index is 1.44. The fourth-order valence-electron chi connectivity index (χ4n) is 4.82. The van der Waals surface area contributed by atoms with Crippen LogP contribution in [0.25, 0.3) is 11.0 Å². The molecule has 1 aliphatic carbocycles. The maximum atomic E-state index is 13.0. The highest BCUT2D eigenvalue weighted by atomic mass is 16.2. The third-order valence-corrected chi connectivity index (χ3v) is 6.85. The first-order valence-electron chi connectivity index (χ1n) is 11.4. The highest BCUT2D eigenvalue weighted by Gasteiger charge is 2.32. The summed E-state index contributed by atoms with van der Waals surface area (Å²) >= 11 is 0. The maximum Gasteiger partial charge on any atom is 0.254 e. The number of nitrogens with one attached hydrogen (secondary N) is 1. The highest BCUT2D eigenvalue weighted by Crippen LogP contribution is 2.41. The molecule has 0 unspecified atom stereocenters. The standard InChI is InChI=1S/C25H29N5O2/c1-15-6-4-5-7-18(15)25(32)30-12-10-17(11-13-30)22-21-19(24(31)26-2)14-20(16-8-9-16)27-23(21)29(3)28-22/h4-7,14,16-17H,8-13H2,1-3H3,(H,26,31). The molecule has 0 bridgehead atoms. The number of aryl methyl sites for hydroxylation is 2. The zero-order valence-electron chi connectivity index (χ0n) is 18.9. The quantitative estimate of drug-likeness (QED) is 0.685. The van der Waals surface area contributed by atoms with Crippen molar-refractivity contribution in [2.75, 3.05) is 20.1 Å². The fraction of sp³-hybridized carbons (Fsp3) is 0.440. The summed E-state index contributed by atoms with van der Waals surface area (Å²) in [5.41, 5.74) is 5.14. The molecule has 2 amide bonds. The van der Waals surface area contributed by atoms with Gasteiger partial charge in [0.2, 0.25) is 0 Å². The van der Waals surface area contributed by atoms with Crippen molar-refractivity contribution in [3.8, 4) is 0 Å². The Labute approximate surface area is 187 Å². The third-order valence-electron chi connectivity index (χ3n) is 6.85. The first-order valence-corrected chi connectivity index (χ1v) is 11.4. The van der Waals surface area contributed by atoms with Crippen LogP contribution < -0.4 is 5.32 Å². The summed E-state index contributed by atoms with van der Waals surface area (Å²) in [5.74, 6) is 0.642. The lowest BCUT2D eigenvalue weighted by Crippen LogP contribution is -2.38.